The number of benzene rings is 1. The van der Waals surface area contributed by atoms with Crippen molar-refractivity contribution in [3.63, 3.8) is 0 Å². The molecule has 0 saturated carbocycles. The van der Waals surface area contributed by atoms with Crippen LogP contribution in [0.25, 0.3) is 10.9 Å². The van der Waals surface area contributed by atoms with Gasteiger partial charge < -0.3 is 10.3 Å². The second-order valence-corrected chi connectivity index (χ2v) is 5.71. The Morgan fingerprint density at radius 1 is 1.29 bits per heavy atom. The standard InChI is InChI=1S/C14H19ClN2/c1-14(2,10-16)7-8-17-9-12(15)11-5-3-4-6-13(11)17/h3-6,9H,7-8,10,16H2,1-2H3. The first-order chi connectivity index (χ1) is 8.03. The van der Waals surface area contributed by atoms with E-state index in [2.05, 4.69) is 30.5 Å². The molecule has 0 saturated heterocycles. The number of aryl methyl sites for hydroxylation is 1. The van der Waals surface area contributed by atoms with Gasteiger partial charge in [-0.25, -0.2) is 0 Å². The van der Waals surface area contributed by atoms with Gasteiger partial charge in [-0.05, 0) is 24.4 Å². The maximum absolute atomic E-state index is 6.22. The Morgan fingerprint density at radius 2 is 2.00 bits per heavy atom. The fourth-order valence-corrected chi connectivity index (χ4v) is 2.19. The summed E-state index contributed by atoms with van der Waals surface area (Å²) in [5.74, 6) is 0. The molecule has 2 aromatic rings. The minimum Gasteiger partial charge on any atom is -0.346 e. The van der Waals surface area contributed by atoms with E-state index in [1.54, 1.807) is 0 Å². The molecule has 92 valence electrons. The SMILES string of the molecule is CC(C)(CN)CCn1cc(Cl)c2ccccc21. The third-order valence-electron chi connectivity index (χ3n) is 3.32. The number of nitrogens with zero attached hydrogens (tertiary/aromatic N) is 1. The predicted molar refractivity (Wildman–Crippen MR) is 74.4 cm³/mol. The highest BCUT2D eigenvalue weighted by Crippen LogP contribution is 2.27. The van der Waals surface area contributed by atoms with Crippen molar-refractivity contribution in [2.24, 2.45) is 11.1 Å². The molecule has 1 heterocycles. The molecule has 2 N–H and O–H groups in total. The van der Waals surface area contributed by atoms with Gasteiger partial charge in [0, 0.05) is 23.6 Å². The van der Waals surface area contributed by atoms with E-state index in [0.717, 1.165) is 23.4 Å². The molecule has 1 aromatic carbocycles. The molecule has 0 fully saturated rings. The highest BCUT2D eigenvalue weighted by atomic mass is 35.5. The summed E-state index contributed by atoms with van der Waals surface area (Å²) < 4.78 is 2.22. The highest BCUT2D eigenvalue weighted by molar-refractivity contribution is 6.35. The minimum absolute atomic E-state index is 0.178. The molecule has 0 bridgehead atoms. The van der Waals surface area contributed by atoms with Crippen LogP contribution in [0, 0.1) is 5.41 Å². The second-order valence-electron chi connectivity index (χ2n) is 5.31. The average Bonchev–Trinajstić information content (AvgIpc) is 2.65. The molecular formula is C14H19ClN2. The zero-order valence-corrected chi connectivity index (χ0v) is 11.2. The van der Waals surface area contributed by atoms with Crippen molar-refractivity contribution in [1.82, 2.24) is 4.57 Å². The van der Waals surface area contributed by atoms with Crippen molar-refractivity contribution in [3.8, 4) is 0 Å². The van der Waals surface area contributed by atoms with Gasteiger partial charge >= 0.3 is 0 Å². The monoisotopic (exact) mass is 250 g/mol. The topological polar surface area (TPSA) is 30.9 Å². The molecule has 0 amide bonds. The summed E-state index contributed by atoms with van der Waals surface area (Å²) in [5, 5.41) is 1.95. The zero-order chi connectivity index (χ0) is 12.5. The van der Waals surface area contributed by atoms with Gasteiger partial charge in [0.25, 0.3) is 0 Å². The van der Waals surface area contributed by atoms with Crippen LogP contribution in [-0.2, 0) is 6.54 Å². The molecule has 0 aliphatic heterocycles. The molecule has 0 aliphatic rings. The predicted octanol–water partition coefficient (Wildman–Crippen LogP) is 3.67. The quantitative estimate of drug-likeness (QED) is 0.882. The maximum Gasteiger partial charge on any atom is 0.0661 e. The van der Waals surface area contributed by atoms with Crippen LogP contribution in [0.1, 0.15) is 20.3 Å². The minimum atomic E-state index is 0.178. The van der Waals surface area contributed by atoms with E-state index in [-0.39, 0.29) is 5.41 Å². The van der Waals surface area contributed by atoms with E-state index < -0.39 is 0 Å². The lowest BCUT2D eigenvalue weighted by molar-refractivity contribution is 0.327. The largest absolute Gasteiger partial charge is 0.346 e. The van der Waals surface area contributed by atoms with Crippen LogP contribution in [0.4, 0.5) is 0 Å². The lowest BCUT2D eigenvalue weighted by Gasteiger charge is -2.22. The number of hydrogen-bond acceptors (Lipinski definition) is 1. The first kappa shape index (κ1) is 12.5. The Bertz CT molecular complexity index is 514. The Morgan fingerprint density at radius 3 is 2.71 bits per heavy atom. The molecule has 0 aliphatic carbocycles. The Kier molecular flexibility index (Phi) is 3.45. The summed E-state index contributed by atoms with van der Waals surface area (Å²) in [4.78, 5) is 0. The van der Waals surface area contributed by atoms with E-state index >= 15 is 0 Å². The van der Waals surface area contributed by atoms with Crippen molar-refractivity contribution >= 4 is 22.5 Å². The lowest BCUT2D eigenvalue weighted by Crippen LogP contribution is -2.24. The van der Waals surface area contributed by atoms with E-state index in [1.165, 1.54) is 5.52 Å². The number of hydrogen-bond donors (Lipinski definition) is 1. The molecule has 17 heavy (non-hydrogen) atoms. The van der Waals surface area contributed by atoms with Crippen molar-refractivity contribution in [2.45, 2.75) is 26.8 Å². The number of nitrogens with two attached hydrogens (primary N) is 1. The number of halogens is 1. The van der Waals surface area contributed by atoms with E-state index in [1.807, 2.05) is 18.3 Å². The summed E-state index contributed by atoms with van der Waals surface area (Å²) in [7, 11) is 0. The molecule has 2 rings (SSSR count). The van der Waals surface area contributed by atoms with Gasteiger partial charge in [-0.15, -0.1) is 0 Å². The van der Waals surface area contributed by atoms with Crippen molar-refractivity contribution < 1.29 is 0 Å². The van der Waals surface area contributed by atoms with E-state index in [9.17, 15) is 0 Å². The van der Waals surface area contributed by atoms with Crippen molar-refractivity contribution in [3.05, 3.63) is 35.5 Å². The molecular weight excluding hydrogens is 232 g/mol. The normalized spacial score (nSPS) is 12.2. The maximum atomic E-state index is 6.22. The summed E-state index contributed by atoms with van der Waals surface area (Å²) >= 11 is 6.22. The van der Waals surface area contributed by atoms with Crippen LogP contribution in [0.3, 0.4) is 0 Å². The highest BCUT2D eigenvalue weighted by Gasteiger charge is 2.16. The molecule has 0 unspecified atom stereocenters. The van der Waals surface area contributed by atoms with Gasteiger partial charge in [0.1, 0.15) is 0 Å². The smallest absolute Gasteiger partial charge is 0.0661 e. The lowest BCUT2D eigenvalue weighted by atomic mass is 9.90. The van der Waals surface area contributed by atoms with Gasteiger partial charge in [-0.3, -0.25) is 0 Å². The number of rotatable bonds is 4. The van der Waals surface area contributed by atoms with Crippen LogP contribution in [0.15, 0.2) is 30.5 Å². The summed E-state index contributed by atoms with van der Waals surface area (Å²) in [6.45, 7) is 6.05. The van der Waals surface area contributed by atoms with Gasteiger partial charge in [-0.1, -0.05) is 43.6 Å². The summed E-state index contributed by atoms with van der Waals surface area (Å²) in [5.41, 5.74) is 7.13. The van der Waals surface area contributed by atoms with Crippen molar-refractivity contribution in [2.75, 3.05) is 6.54 Å². The first-order valence-electron chi connectivity index (χ1n) is 5.97. The van der Waals surface area contributed by atoms with E-state index in [4.69, 9.17) is 17.3 Å². The average molecular weight is 251 g/mol. The van der Waals surface area contributed by atoms with Crippen LogP contribution >= 0.6 is 11.6 Å². The van der Waals surface area contributed by atoms with Crippen molar-refractivity contribution in [1.29, 1.82) is 0 Å². The fourth-order valence-electron chi connectivity index (χ4n) is 1.91. The van der Waals surface area contributed by atoms with Gasteiger partial charge in [0.15, 0.2) is 0 Å². The number of fused-ring (bicyclic) bond motifs is 1. The molecule has 1 aromatic heterocycles. The van der Waals surface area contributed by atoms with Crippen LogP contribution in [0.5, 0.6) is 0 Å². The molecule has 0 radical (unpaired) electrons. The molecule has 0 atom stereocenters. The zero-order valence-electron chi connectivity index (χ0n) is 10.4. The van der Waals surface area contributed by atoms with Gasteiger partial charge in [-0.2, -0.15) is 0 Å². The molecule has 0 spiro atoms. The summed E-state index contributed by atoms with van der Waals surface area (Å²) in [6, 6.07) is 8.23. The Hall–Kier alpha value is -0.990. The van der Waals surface area contributed by atoms with Crippen LogP contribution in [-0.4, -0.2) is 11.1 Å². The second kappa shape index (κ2) is 4.71. The molecule has 3 heteroatoms. The van der Waals surface area contributed by atoms with Crippen LogP contribution < -0.4 is 5.73 Å². The van der Waals surface area contributed by atoms with Crippen LogP contribution in [0.2, 0.25) is 5.02 Å². The third-order valence-corrected chi connectivity index (χ3v) is 3.62. The van der Waals surface area contributed by atoms with Gasteiger partial charge in [0.05, 0.1) is 5.02 Å². The first-order valence-corrected chi connectivity index (χ1v) is 6.35. The van der Waals surface area contributed by atoms with Gasteiger partial charge in [0.2, 0.25) is 0 Å². The number of para-hydroxylation sites is 1. The fraction of sp³-hybridized carbons (Fsp3) is 0.429. The number of aromatic nitrogens is 1. The Balaban J connectivity index is 2.25. The Labute approximate surface area is 107 Å². The van der Waals surface area contributed by atoms with E-state index in [0.29, 0.717) is 6.54 Å². The summed E-state index contributed by atoms with van der Waals surface area (Å²) in [6.07, 6.45) is 3.07. The third kappa shape index (κ3) is 2.64. The molecule has 2 nitrogen and oxygen atoms in total.